The number of anilines is 1. The van der Waals surface area contributed by atoms with Gasteiger partial charge in [-0.25, -0.2) is 0 Å². The van der Waals surface area contributed by atoms with Crippen LogP contribution in [0.2, 0.25) is 0 Å². The zero-order valence-electron chi connectivity index (χ0n) is 19.8. The van der Waals surface area contributed by atoms with Gasteiger partial charge in [0.05, 0.1) is 6.42 Å². The number of rotatable bonds is 12. The molecule has 0 bridgehead atoms. The van der Waals surface area contributed by atoms with Crippen LogP contribution >= 0.6 is 11.8 Å². The van der Waals surface area contributed by atoms with E-state index in [9.17, 15) is 9.59 Å². The van der Waals surface area contributed by atoms with E-state index in [-0.39, 0.29) is 18.9 Å². The zero-order valence-corrected chi connectivity index (χ0v) is 20.7. The fourth-order valence-corrected chi connectivity index (χ4v) is 6.41. The van der Waals surface area contributed by atoms with Crippen LogP contribution in [-0.2, 0) is 4.79 Å². The summed E-state index contributed by atoms with van der Waals surface area (Å²) in [7, 11) is 0. The molecule has 2 aromatic rings. The van der Waals surface area contributed by atoms with E-state index >= 15 is 0 Å². The van der Waals surface area contributed by atoms with E-state index in [0.717, 1.165) is 18.5 Å². The Bertz CT molecular complexity index is 925. The summed E-state index contributed by atoms with van der Waals surface area (Å²) >= 11 is 2.00. The molecule has 3 unspecified atom stereocenters. The van der Waals surface area contributed by atoms with Crippen molar-refractivity contribution in [3.63, 3.8) is 0 Å². The molecule has 0 radical (unpaired) electrons. The standard InChI is InChI=1S/C27H36N2O3S/c1-4-8-19(9-5-2)25(26-18(3)22-10-6-7-11-23(22)33-26)29-21-14-12-20(13-15-21)27(32)28-17-16-24(30)31/h6-7,10-15,18-19,25-26,29H,4-5,8-9,16-17H2,1-3H3,(H,28,32)(H,30,31). The highest BCUT2D eigenvalue weighted by molar-refractivity contribution is 8.00. The van der Waals surface area contributed by atoms with Crippen molar-refractivity contribution in [3.8, 4) is 0 Å². The maximum absolute atomic E-state index is 12.3. The molecule has 3 rings (SSSR count). The van der Waals surface area contributed by atoms with Crippen molar-refractivity contribution in [2.75, 3.05) is 11.9 Å². The number of hydrogen-bond donors (Lipinski definition) is 3. The molecule has 3 atom stereocenters. The van der Waals surface area contributed by atoms with Crippen LogP contribution in [0.25, 0.3) is 0 Å². The van der Waals surface area contributed by atoms with Gasteiger partial charge >= 0.3 is 5.97 Å². The Balaban J connectivity index is 1.76. The number of carbonyl (C=O) groups is 2. The minimum absolute atomic E-state index is 0.0804. The van der Waals surface area contributed by atoms with E-state index in [0.29, 0.717) is 28.7 Å². The van der Waals surface area contributed by atoms with E-state index in [1.165, 1.54) is 23.3 Å². The normalized spacial score (nSPS) is 18.1. The highest BCUT2D eigenvalue weighted by atomic mass is 32.2. The van der Waals surface area contributed by atoms with Gasteiger partial charge in [0.25, 0.3) is 5.91 Å². The Labute approximate surface area is 201 Å². The number of hydrogen-bond acceptors (Lipinski definition) is 4. The van der Waals surface area contributed by atoms with Crippen LogP contribution in [0.4, 0.5) is 5.69 Å². The number of nitrogens with one attached hydrogen (secondary N) is 2. The first-order valence-corrected chi connectivity index (χ1v) is 12.9. The first-order valence-electron chi connectivity index (χ1n) is 12.1. The van der Waals surface area contributed by atoms with Crippen LogP contribution in [0, 0.1) is 5.92 Å². The van der Waals surface area contributed by atoms with Crippen molar-refractivity contribution >= 4 is 29.3 Å². The third kappa shape index (κ3) is 6.53. The van der Waals surface area contributed by atoms with Crippen LogP contribution in [0.3, 0.4) is 0 Å². The number of thioether (sulfide) groups is 1. The number of fused-ring (bicyclic) bond motifs is 1. The van der Waals surface area contributed by atoms with Crippen LogP contribution < -0.4 is 10.6 Å². The summed E-state index contributed by atoms with van der Waals surface area (Å²) in [4.78, 5) is 24.3. The molecule has 0 aromatic heterocycles. The van der Waals surface area contributed by atoms with Crippen molar-refractivity contribution in [2.24, 2.45) is 5.92 Å². The van der Waals surface area contributed by atoms with Crippen LogP contribution in [-0.4, -0.2) is 34.8 Å². The summed E-state index contributed by atoms with van der Waals surface area (Å²) in [6.45, 7) is 7.00. The Morgan fingerprint density at radius 2 is 1.70 bits per heavy atom. The van der Waals surface area contributed by atoms with Gasteiger partial charge in [-0.2, -0.15) is 0 Å². The maximum atomic E-state index is 12.3. The summed E-state index contributed by atoms with van der Waals surface area (Å²) in [6, 6.07) is 16.6. The largest absolute Gasteiger partial charge is 0.481 e. The average Bonchev–Trinajstić information content (AvgIpc) is 3.14. The summed E-state index contributed by atoms with van der Waals surface area (Å²) in [5, 5.41) is 15.7. The van der Waals surface area contributed by atoms with Crippen molar-refractivity contribution in [1.29, 1.82) is 0 Å². The highest BCUT2D eigenvalue weighted by Crippen LogP contribution is 2.49. The second-order valence-corrected chi connectivity index (χ2v) is 10.1. The minimum atomic E-state index is -0.921. The van der Waals surface area contributed by atoms with E-state index in [1.54, 1.807) is 0 Å². The lowest BCUT2D eigenvalue weighted by Crippen LogP contribution is -2.40. The SMILES string of the molecule is CCCC(CCC)C(Nc1ccc(C(=O)NCCC(=O)O)cc1)C1Sc2ccccc2C1C. The average molecular weight is 469 g/mol. The molecule has 1 heterocycles. The zero-order chi connectivity index (χ0) is 23.8. The van der Waals surface area contributed by atoms with Crippen molar-refractivity contribution < 1.29 is 14.7 Å². The molecule has 0 spiro atoms. The fourth-order valence-electron chi connectivity index (χ4n) is 4.78. The number of carbonyl (C=O) groups excluding carboxylic acids is 1. The summed E-state index contributed by atoms with van der Waals surface area (Å²) < 4.78 is 0. The number of aliphatic carboxylic acids is 1. The Hall–Kier alpha value is -2.47. The van der Waals surface area contributed by atoms with Crippen molar-refractivity contribution in [1.82, 2.24) is 5.32 Å². The molecular weight excluding hydrogens is 432 g/mol. The molecule has 178 valence electrons. The summed E-state index contributed by atoms with van der Waals surface area (Å²) in [5.41, 5.74) is 3.00. The number of carboxylic acids is 1. The quantitative estimate of drug-likeness (QED) is 0.347. The Kier molecular flexibility index (Phi) is 9.24. The first kappa shape index (κ1) is 25.2. The topological polar surface area (TPSA) is 78.4 Å². The lowest BCUT2D eigenvalue weighted by atomic mass is 9.83. The third-order valence-electron chi connectivity index (χ3n) is 6.45. The lowest BCUT2D eigenvalue weighted by molar-refractivity contribution is -0.136. The lowest BCUT2D eigenvalue weighted by Gasteiger charge is -2.35. The molecule has 3 N–H and O–H groups in total. The molecule has 1 aliphatic heterocycles. The van der Waals surface area contributed by atoms with E-state index in [4.69, 9.17) is 5.11 Å². The highest BCUT2D eigenvalue weighted by Gasteiger charge is 2.38. The van der Waals surface area contributed by atoms with E-state index in [2.05, 4.69) is 55.7 Å². The smallest absolute Gasteiger partial charge is 0.305 e. The fraction of sp³-hybridized carbons (Fsp3) is 0.481. The summed E-state index contributed by atoms with van der Waals surface area (Å²) in [6.07, 6.45) is 4.63. The molecule has 1 amide bonds. The maximum Gasteiger partial charge on any atom is 0.305 e. The van der Waals surface area contributed by atoms with Gasteiger partial charge in [-0.1, -0.05) is 51.8 Å². The van der Waals surface area contributed by atoms with Gasteiger partial charge in [-0.05, 0) is 60.6 Å². The molecule has 1 aliphatic rings. The molecule has 0 aliphatic carbocycles. The molecular formula is C27H36N2O3S. The Morgan fingerprint density at radius 3 is 2.30 bits per heavy atom. The van der Waals surface area contributed by atoms with Crippen LogP contribution in [0.1, 0.15) is 74.7 Å². The molecule has 33 heavy (non-hydrogen) atoms. The Morgan fingerprint density at radius 1 is 1.03 bits per heavy atom. The first-order chi connectivity index (χ1) is 15.9. The molecule has 6 heteroatoms. The number of benzene rings is 2. The van der Waals surface area contributed by atoms with Crippen molar-refractivity contribution in [2.45, 2.75) is 75.0 Å². The predicted molar refractivity (Wildman–Crippen MR) is 136 cm³/mol. The molecule has 2 aromatic carbocycles. The van der Waals surface area contributed by atoms with E-state index in [1.807, 2.05) is 36.0 Å². The second kappa shape index (κ2) is 12.1. The van der Waals surface area contributed by atoms with Gasteiger partial charge in [-0.3, -0.25) is 9.59 Å². The van der Waals surface area contributed by atoms with Gasteiger partial charge in [-0.15, -0.1) is 11.8 Å². The number of carboxylic acid groups (broad SMARTS) is 1. The minimum Gasteiger partial charge on any atom is -0.481 e. The van der Waals surface area contributed by atoms with Gasteiger partial charge in [0.15, 0.2) is 0 Å². The number of amides is 1. The predicted octanol–water partition coefficient (Wildman–Crippen LogP) is 6.17. The van der Waals surface area contributed by atoms with Crippen LogP contribution in [0.15, 0.2) is 53.4 Å². The van der Waals surface area contributed by atoms with Crippen molar-refractivity contribution in [3.05, 3.63) is 59.7 Å². The van der Waals surface area contributed by atoms with Gasteiger partial charge < -0.3 is 15.7 Å². The van der Waals surface area contributed by atoms with Gasteiger partial charge in [0.1, 0.15) is 0 Å². The van der Waals surface area contributed by atoms with Gasteiger partial charge in [0, 0.05) is 34.0 Å². The molecule has 0 saturated carbocycles. The monoisotopic (exact) mass is 468 g/mol. The molecule has 0 saturated heterocycles. The van der Waals surface area contributed by atoms with Crippen LogP contribution in [0.5, 0.6) is 0 Å². The van der Waals surface area contributed by atoms with Gasteiger partial charge in [0.2, 0.25) is 0 Å². The summed E-state index contributed by atoms with van der Waals surface area (Å²) in [5.74, 6) is -0.118. The third-order valence-corrected chi connectivity index (χ3v) is 8.05. The molecule has 0 fully saturated rings. The van der Waals surface area contributed by atoms with E-state index < -0.39 is 5.97 Å². The second-order valence-electron chi connectivity index (χ2n) is 8.89. The molecule has 5 nitrogen and oxygen atoms in total.